The zero-order valence-corrected chi connectivity index (χ0v) is 14.8. The Bertz CT molecular complexity index is 730. The SMILES string of the molecule is O=C(NCc1cccnc1N1CCCCC1)c1cccc(Cl)c1Cl. The van der Waals surface area contributed by atoms with Gasteiger partial charge in [-0.25, -0.2) is 4.98 Å². The largest absolute Gasteiger partial charge is 0.356 e. The highest BCUT2D eigenvalue weighted by atomic mass is 35.5. The number of amides is 1. The standard InChI is InChI=1S/C18H19Cl2N3O/c19-15-8-4-7-14(16(15)20)18(24)22-12-13-6-5-9-21-17(13)23-10-2-1-3-11-23/h4-9H,1-3,10-12H2,(H,22,24). The molecule has 2 aromatic rings. The Balaban J connectivity index is 1.72. The second-order valence-electron chi connectivity index (χ2n) is 5.82. The molecule has 6 heteroatoms. The molecule has 1 saturated heterocycles. The third-order valence-corrected chi connectivity index (χ3v) is 4.98. The van der Waals surface area contributed by atoms with Crippen molar-refractivity contribution in [2.24, 2.45) is 0 Å². The van der Waals surface area contributed by atoms with Crippen LogP contribution in [0.15, 0.2) is 36.5 Å². The highest BCUT2D eigenvalue weighted by Gasteiger charge is 2.17. The van der Waals surface area contributed by atoms with Crippen molar-refractivity contribution in [1.82, 2.24) is 10.3 Å². The van der Waals surface area contributed by atoms with Crippen LogP contribution in [0, 0.1) is 0 Å². The summed E-state index contributed by atoms with van der Waals surface area (Å²) in [6.45, 7) is 2.43. The van der Waals surface area contributed by atoms with Gasteiger partial charge in [-0.1, -0.05) is 35.3 Å². The Morgan fingerprint density at radius 1 is 1.12 bits per heavy atom. The molecule has 0 aliphatic carbocycles. The third kappa shape index (κ3) is 3.82. The maximum atomic E-state index is 12.4. The molecule has 1 N–H and O–H groups in total. The molecule has 3 rings (SSSR count). The van der Waals surface area contributed by atoms with Crippen LogP contribution in [0.1, 0.15) is 35.2 Å². The van der Waals surface area contributed by atoms with Crippen LogP contribution in [0.3, 0.4) is 0 Å². The number of nitrogens with one attached hydrogen (secondary N) is 1. The van der Waals surface area contributed by atoms with Crippen molar-refractivity contribution < 1.29 is 4.79 Å². The van der Waals surface area contributed by atoms with E-state index in [9.17, 15) is 4.79 Å². The van der Waals surface area contributed by atoms with Crippen molar-refractivity contribution in [2.45, 2.75) is 25.8 Å². The molecule has 0 atom stereocenters. The van der Waals surface area contributed by atoms with Gasteiger partial charge in [0.05, 0.1) is 15.6 Å². The summed E-state index contributed by atoms with van der Waals surface area (Å²) in [7, 11) is 0. The first-order chi connectivity index (χ1) is 11.7. The lowest BCUT2D eigenvalue weighted by molar-refractivity contribution is 0.0951. The molecule has 126 valence electrons. The summed E-state index contributed by atoms with van der Waals surface area (Å²) in [5.41, 5.74) is 1.39. The molecule has 0 radical (unpaired) electrons. The smallest absolute Gasteiger partial charge is 0.253 e. The average Bonchev–Trinajstić information content (AvgIpc) is 2.63. The summed E-state index contributed by atoms with van der Waals surface area (Å²) < 4.78 is 0. The monoisotopic (exact) mass is 363 g/mol. The maximum Gasteiger partial charge on any atom is 0.253 e. The van der Waals surface area contributed by atoms with Gasteiger partial charge < -0.3 is 10.2 Å². The van der Waals surface area contributed by atoms with Gasteiger partial charge in [0.2, 0.25) is 0 Å². The van der Waals surface area contributed by atoms with Gasteiger partial charge in [-0.15, -0.1) is 0 Å². The number of hydrogen-bond donors (Lipinski definition) is 1. The van der Waals surface area contributed by atoms with Crippen LogP contribution in [0.25, 0.3) is 0 Å². The van der Waals surface area contributed by atoms with E-state index in [2.05, 4.69) is 15.2 Å². The van der Waals surface area contributed by atoms with Crippen LogP contribution >= 0.6 is 23.2 Å². The van der Waals surface area contributed by atoms with E-state index in [0.29, 0.717) is 17.1 Å². The lowest BCUT2D eigenvalue weighted by atomic mass is 10.1. The summed E-state index contributed by atoms with van der Waals surface area (Å²) in [6.07, 6.45) is 5.42. The van der Waals surface area contributed by atoms with Crippen LogP contribution in [-0.2, 0) is 6.54 Å². The molecule has 0 bridgehead atoms. The van der Waals surface area contributed by atoms with Crippen molar-refractivity contribution in [3.8, 4) is 0 Å². The van der Waals surface area contributed by atoms with E-state index in [1.807, 2.05) is 12.1 Å². The minimum Gasteiger partial charge on any atom is -0.356 e. The van der Waals surface area contributed by atoms with Crippen LogP contribution < -0.4 is 10.2 Å². The van der Waals surface area contributed by atoms with Crippen LogP contribution in [0.2, 0.25) is 10.0 Å². The number of anilines is 1. The van der Waals surface area contributed by atoms with Gasteiger partial charge in [-0.2, -0.15) is 0 Å². The molecule has 1 aromatic carbocycles. The van der Waals surface area contributed by atoms with Crippen LogP contribution in [-0.4, -0.2) is 24.0 Å². The number of carbonyl (C=O) groups excluding carboxylic acids is 1. The molecule has 1 fully saturated rings. The van der Waals surface area contributed by atoms with Gasteiger partial charge in [0, 0.05) is 31.4 Å². The number of aromatic nitrogens is 1. The normalized spacial score (nSPS) is 14.5. The summed E-state index contributed by atoms with van der Waals surface area (Å²) >= 11 is 12.1. The predicted molar refractivity (Wildman–Crippen MR) is 97.9 cm³/mol. The molecule has 0 unspecified atom stereocenters. The fourth-order valence-corrected chi connectivity index (χ4v) is 3.29. The van der Waals surface area contributed by atoms with Crippen LogP contribution in [0.4, 0.5) is 5.82 Å². The van der Waals surface area contributed by atoms with Gasteiger partial charge in [-0.3, -0.25) is 4.79 Å². The summed E-state index contributed by atoms with van der Waals surface area (Å²) in [5, 5.41) is 3.57. The van der Waals surface area contributed by atoms with E-state index in [4.69, 9.17) is 23.2 Å². The number of benzene rings is 1. The Morgan fingerprint density at radius 3 is 2.71 bits per heavy atom. The van der Waals surface area contributed by atoms with Crippen molar-refractivity contribution in [1.29, 1.82) is 0 Å². The quantitative estimate of drug-likeness (QED) is 0.879. The molecule has 24 heavy (non-hydrogen) atoms. The minimum atomic E-state index is -0.240. The minimum absolute atomic E-state index is 0.240. The number of carbonyl (C=O) groups is 1. The predicted octanol–water partition coefficient (Wildman–Crippen LogP) is 4.31. The van der Waals surface area contributed by atoms with E-state index < -0.39 is 0 Å². The van der Waals surface area contributed by atoms with E-state index >= 15 is 0 Å². The third-order valence-electron chi connectivity index (χ3n) is 4.16. The molecule has 2 heterocycles. The second kappa shape index (κ2) is 7.86. The van der Waals surface area contributed by atoms with Crippen molar-refractivity contribution in [2.75, 3.05) is 18.0 Å². The molecular weight excluding hydrogens is 345 g/mol. The number of pyridine rings is 1. The highest BCUT2D eigenvalue weighted by Crippen LogP contribution is 2.26. The number of piperidine rings is 1. The Hall–Kier alpha value is -1.78. The number of nitrogens with zero attached hydrogens (tertiary/aromatic N) is 2. The zero-order chi connectivity index (χ0) is 16.9. The van der Waals surface area contributed by atoms with Gasteiger partial charge in [-0.05, 0) is 37.5 Å². The zero-order valence-electron chi connectivity index (χ0n) is 13.3. The fraction of sp³-hybridized carbons (Fsp3) is 0.333. The van der Waals surface area contributed by atoms with Gasteiger partial charge in [0.25, 0.3) is 5.91 Å². The van der Waals surface area contributed by atoms with Gasteiger partial charge in [0.1, 0.15) is 5.82 Å². The van der Waals surface area contributed by atoms with E-state index in [1.165, 1.54) is 19.3 Å². The topological polar surface area (TPSA) is 45.2 Å². The summed E-state index contributed by atoms with van der Waals surface area (Å²) in [4.78, 5) is 19.2. The Labute approximate surface area is 151 Å². The molecule has 1 aliphatic heterocycles. The average molecular weight is 364 g/mol. The first-order valence-electron chi connectivity index (χ1n) is 8.08. The Morgan fingerprint density at radius 2 is 1.92 bits per heavy atom. The maximum absolute atomic E-state index is 12.4. The van der Waals surface area contributed by atoms with Crippen LogP contribution in [0.5, 0.6) is 0 Å². The Kier molecular flexibility index (Phi) is 5.59. The van der Waals surface area contributed by atoms with Gasteiger partial charge in [0.15, 0.2) is 0 Å². The summed E-state index contributed by atoms with van der Waals surface area (Å²) in [6, 6.07) is 8.93. The first kappa shape index (κ1) is 17.1. The molecule has 1 aliphatic rings. The molecule has 1 aromatic heterocycles. The summed E-state index contributed by atoms with van der Waals surface area (Å²) in [5.74, 6) is 0.714. The molecule has 4 nitrogen and oxygen atoms in total. The second-order valence-corrected chi connectivity index (χ2v) is 6.60. The molecule has 0 spiro atoms. The fourth-order valence-electron chi connectivity index (χ4n) is 2.91. The van der Waals surface area contributed by atoms with E-state index in [0.717, 1.165) is 24.5 Å². The van der Waals surface area contributed by atoms with E-state index in [1.54, 1.807) is 24.4 Å². The van der Waals surface area contributed by atoms with Crippen molar-refractivity contribution in [3.63, 3.8) is 0 Å². The lowest BCUT2D eigenvalue weighted by Gasteiger charge is -2.29. The molecule has 0 saturated carbocycles. The molecular formula is C18H19Cl2N3O. The molecule has 1 amide bonds. The highest BCUT2D eigenvalue weighted by molar-refractivity contribution is 6.43. The van der Waals surface area contributed by atoms with Gasteiger partial charge >= 0.3 is 0 Å². The van der Waals surface area contributed by atoms with Crippen molar-refractivity contribution in [3.05, 3.63) is 57.7 Å². The number of rotatable bonds is 4. The van der Waals surface area contributed by atoms with E-state index in [-0.39, 0.29) is 10.9 Å². The van der Waals surface area contributed by atoms with Crippen molar-refractivity contribution >= 4 is 34.9 Å². The number of hydrogen-bond acceptors (Lipinski definition) is 3. The first-order valence-corrected chi connectivity index (χ1v) is 8.83. The lowest BCUT2D eigenvalue weighted by Crippen LogP contribution is -2.32. The number of halogens is 2.